The highest BCUT2D eigenvalue weighted by Crippen LogP contribution is 2.30. The summed E-state index contributed by atoms with van der Waals surface area (Å²) in [5, 5.41) is 1.07. The van der Waals surface area contributed by atoms with Crippen molar-refractivity contribution in [1.82, 2.24) is 19.4 Å². The second kappa shape index (κ2) is 12.0. The molecular weight excluding hydrogens is 470 g/mol. The maximum Gasteiger partial charge on any atom is 0.223 e. The van der Waals surface area contributed by atoms with Crippen LogP contribution in [-0.2, 0) is 24.3 Å². The molecule has 0 radical (unpaired) electrons. The van der Waals surface area contributed by atoms with Crippen molar-refractivity contribution < 1.29 is 4.79 Å². The maximum atomic E-state index is 13.0. The molecule has 0 fully saturated rings. The molecule has 2 aromatic carbocycles. The van der Waals surface area contributed by atoms with E-state index in [-0.39, 0.29) is 11.4 Å². The molecule has 4 rings (SSSR count). The molecule has 4 aromatic rings. The lowest BCUT2D eigenvalue weighted by atomic mass is 10.0. The number of benzene rings is 2. The molecule has 0 spiro atoms. The first-order valence-electron chi connectivity index (χ1n) is 14.1. The Morgan fingerprint density at radius 1 is 0.921 bits per heavy atom. The van der Waals surface area contributed by atoms with Gasteiger partial charge in [0.15, 0.2) is 5.82 Å². The quantitative estimate of drug-likeness (QED) is 0.214. The summed E-state index contributed by atoms with van der Waals surface area (Å²) in [5.74, 6) is 1.77. The number of anilines is 1. The number of amides is 1. The van der Waals surface area contributed by atoms with Crippen LogP contribution in [0.5, 0.6) is 0 Å². The van der Waals surface area contributed by atoms with Crippen LogP contribution in [0.4, 0.5) is 5.82 Å². The second-order valence-corrected chi connectivity index (χ2v) is 11.4. The van der Waals surface area contributed by atoms with Crippen LogP contribution in [0.1, 0.15) is 90.1 Å². The number of para-hydroxylation sites is 1. The van der Waals surface area contributed by atoms with Crippen LogP contribution < -0.4 is 5.73 Å². The van der Waals surface area contributed by atoms with Crippen LogP contribution in [0.3, 0.4) is 0 Å². The molecular formula is C32H43N5O. The molecule has 6 nitrogen and oxygen atoms in total. The van der Waals surface area contributed by atoms with E-state index >= 15 is 0 Å². The third-order valence-corrected chi connectivity index (χ3v) is 7.25. The number of hydrogen-bond donors (Lipinski definition) is 1. The Hall–Kier alpha value is -3.41. The van der Waals surface area contributed by atoms with Crippen molar-refractivity contribution in [3.63, 3.8) is 0 Å². The normalized spacial score (nSPS) is 11.9. The number of aryl methyl sites for hydroxylation is 1. The Kier molecular flexibility index (Phi) is 8.70. The number of imidazole rings is 1. The zero-order valence-electron chi connectivity index (χ0n) is 23.8. The number of nitrogens with zero attached hydrogens (tertiary/aromatic N) is 4. The minimum absolute atomic E-state index is 0.221. The predicted octanol–water partition coefficient (Wildman–Crippen LogP) is 7.27. The summed E-state index contributed by atoms with van der Waals surface area (Å²) in [6, 6.07) is 16.8. The van der Waals surface area contributed by atoms with Gasteiger partial charge in [-0.15, -0.1) is 0 Å². The van der Waals surface area contributed by atoms with Crippen LogP contribution in [0, 0.1) is 0 Å². The molecule has 6 heteroatoms. The van der Waals surface area contributed by atoms with Crippen LogP contribution in [-0.4, -0.2) is 30.9 Å². The number of hydrogen-bond acceptors (Lipinski definition) is 4. The van der Waals surface area contributed by atoms with Gasteiger partial charge in [-0.3, -0.25) is 4.79 Å². The molecule has 0 aliphatic rings. The van der Waals surface area contributed by atoms with Gasteiger partial charge in [0.05, 0.1) is 11.0 Å². The lowest BCUT2D eigenvalue weighted by Gasteiger charge is -2.36. The van der Waals surface area contributed by atoms with Gasteiger partial charge < -0.3 is 15.2 Å². The van der Waals surface area contributed by atoms with E-state index < -0.39 is 0 Å². The van der Waals surface area contributed by atoms with Crippen molar-refractivity contribution in [2.24, 2.45) is 0 Å². The molecule has 1 amide bonds. The summed E-state index contributed by atoms with van der Waals surface area (Å²) in [6.07, 6.45) is 6.86. The van der Waals surface area contributed by atoms with Crippen molar-refractivity contribution in [1.29, 1.82) is 0 Å². The number of rotatable bonds is 11. The van der Waals surface area contributed by atoms with Gasteiger partial charge in [0.25, 0.3) is 0 Å². The Bertz CT molecular complexity index is 1380. The summed E-state index contributed by atoms with van der Waals surface area (Å²) >= 11 is 0. The third kappa shape index (κ3) is 6.17. The highest BCUT2D eigenvalue weighted by atomic mass is 16.2. The summed E-state index contributed by atoms with van der Waals surface area (Å²) < 4.78 is 2.32. The first-order chi connectivity index (χ1) is 18.2. The van der Waals surface area contributed by atoms with Crippen LogP contribution in [0.25, 0.3) is 21.9 Å². The largest absolute Gasteiger partial charge is 0.382 e. The lowest BCUT2D eigenvalue weighted by Crippen LogP contribution is -2.45. The van der Waals surface area contributed by atoms with Gasteiger partial charge in [-0.25, -0.2) is 9.97 Å². The van der Waals surface area contributed by atoms with E-state index in [9.17, 15) is 4.79 Å². The fourth-order valence-electron chi connectivity index (χ4n) is 5.08. The van der Waals surface area contributed by atoms with Gasteiger partial charge in [-0.1, -0.05) is 75.6 Å². The molecule has 2 aromatic heterocycles. The molecule has 38 heavy (non-hydrogen) atoms. The number of carbonyl (C=O) groups excluding carboxylic acids is 1. The number of aromatic nitrogens is 3. The monoisotopic (exact) mass is 513 g/mol. The zero-order chi connectivity index (χ0) is 27.3. The highest BCUT2D eigenvalue weighted by Gasteiger charge is 2.26. The van der Waals surface area contributed by atoms with E-state index in [4.69, 9.17) is 10.7 Å². The Morgan fingerprint density at radius 2 is 1.61 bits per heavy atom. The van der Waals surface area contributed by atoms with Crippen molar-refractivity contribution >= 4 is 33.7 Å². The fraction of sp³-hybridized carbons (Fsp3) is 0.469. The summed E-state index contributed by atoms with van der Waals surface area (Å²) in [6.45, 7) is 12.1. The molecule has 2 heterocycles. The predicted molar refractivity (Wildman–Crippen MR) is 158 cm³/mol. The minimum Gasteiger partial charge on any atom is -0.382 e. The topological polar surface area (TPSA) is 77.0 Å². The van der Waals surface area contributed by atoms with Gasteiger partial charge in [-0.05, 0) is 50.8 Å². The molecule has 0 saturated heterocycles. The van der Waals surface area contributed by atoms with Crippen molar-refractivity contribution in [2.45, 2.75) is 98.2 Å². The second-order valence-electron chi connectivity index (χ2n) is 11.4. The van der Waals surface area contributed by atoms with Crippen LogP contribution in [0.15, 0.2) is 48.5 Å². The van der Waals surface area contributed by atoms with Crippen molar-refractivity contribution in [3.8, 4) is 0 Å². The van der Waals surface area contributed by atoms with E-state index in [1.165, 1.54) is 5.56 Å². The third-order valence-electron chi connectivity index (χ3n) is 7.25. The average molecular weight is 514 g/mol. The number of nitrogens with two attached hydrogens (primary N) is 1. The standard InChI is InChI=1S/C32H43N5O/c1-6-8-10-16-28(38)37(32(3,4)5)22-24-19-17-23(18-20-24)21-36-27(15-9-7-2)35-29-30(36)25-13-11-12-14-26(25)34-31(29)33/h11-14,17-20H,6-10,15-16,21-22H2,1-5H3,(H2,33,34). The van der Waals surface area contributed by atoms with E-state index in [0.29, 0.717) is 25.3 Å². The molecule has 0 aliphatic heterocycles. The van der Waals surface area contributed by atoms with E-state index in [0.717, 1.165) is 71.8 Å². The summed E-state index contributed by atoms with van der Waals surface area (Å²) in [4.78, 5) is 24.6. The highest BCUT2D eigenvalue weighted by molar-refractivity contribution is 6.06. The summed E-state index contributed by atoms with van der Waals surface area (Å²) in [5.41, 5.74) is 11.2. The molecule has 0 saturated carbocycles. The van der Waals surface area contributed by atoms with Gasteiger partial charge in [0.2, 0.25) is 5.91 Å². The Morgan fingerprint density at radius 3 is 2.29 bits per heavy atom. The van der Waals surface area contributed by atoms with Gasteiger partial charge in [0.1, 0.15) is 11.3 Å². The van der Waals surface area contributed by atoms with Crippen molar-refractivity contribution in [3.05, 3.63) is 65.5 Å². The van der Waals surface area contributed by atoms with E-state index in [2.05, 4.69) is 74.5 Å². The average Bonchev–Trinajstić information content (AvgIpc) is 3.25. The summed E-state index contributed by atoms with van der Waals surface area (Å²) in [7, 11) is 0. The fourth-order valence-corrected chi connectivity index (χ4v) is 5.08. The van der Waals surface area contributed by atoms with E-state index in [1.54, 1.807) is 0 Å². The number of nitrogen functional groups attached to an aromatic ring is 1. The smallest absolute Gasteiger partial charge is 0.223 e. The SMILES string of the molecule is CCCCCC(=O)N(Cc1ccc(Cn2c(CCCC)nc3c(N)nc4ccccc4c32)cc1)C(C)(C)C. The lowest BCUT2D eigenvalue weighted by molar-refractivity contribution is -0.136. The van der Waals surface area contributed by atoms with Crippen LogP contribution in [0.2, 0.25) is 0 Å². The van der Waals surface area contributed by atoms with Gasteiger partial charge >= 0.3 is 0 Å². The minimum atomic E-state index is -0.221. The first-order valence-corrected chi connectivity index (χ1v) is 14.1. The van der Waals surface area contributed by atoms with Crippen LogP contribution >= 0.6 is 0 Å². The number of carbonyl (C=O) groups is 1. The maximum absolute atomic E-state index is 13.0. The molecule has 0 unspecified atom stereocenters. The molecule has 2 N–H and O–H groups in total. The van der Waals surface area contributed by atoms with E-state index in [1.807, 2.05) is 23.1 Å². The number of unbranched alkanes of at least 4 members (excludes halogenated alkanes) is 3. The molecule has 0 atom stereocenters. The van der Waals surface area contributed by atoms with Gasteiger partial charge in [0, 0.05) is 36.9 Å². The molecule has 0 bridgehead atoms. The Balaban J connectivity index is 1.63. The van der Waals surface area contributed by atoms with Crippen molar-refractivity contribution in [2.75, 3.05) is 5.73 Å². The number of fused-ring (bicyclic) bond motifs is 3. The number of pyridine rings is 1. The first kappa shape index (κ1) is 27.6. The molecule has 202 valence electrons. The Labute approximate surface area is 227 Å². The zero-order valence-corrected chi connectivity index (χ0v) is 23.8. The van der Waals surface area contributed by atoms with Gasteiger partial charge in [-0.2, -0.15) is 0 Å². The molecule has 0 aliphatic carbocycles.